The van der Waals surface area contributed by atoms with Gasteiger partial charge in [0.1, 0.15) is 11.6 Å². The van der Waals surface area contributed by atoms with Gasteiger partial charge in [0.05, 0.1) is 0 Å². The third-order valence-corrected chi connectivity index (χ3v) is 6.29. The molecule has 4 rings (SSSR count). The first-order chi connectivity index (χ1) is 15.5. The Bertz CT molecular complexity index is 1070. The molecule has 1 aliphatic heterocycles. The van der Waals surface area contributed by atoms with Crippen molar-refractivity contribution in [2.24, 2.45) is 0 Å². The van der Waals surface area contributed by atoms with E-state index in [1.165, 1.54) is 29.8 Å². The number of amides is 1. The summed E-state index contributed by atoms with van der Waals surface area (Å²) in [5, 5.41) is 2.96. The summed E-state index contributed by atoms with van der Waals surface area (Å²) < 4.78 is 26.7. The molecule has 1 heterocycles. The van der Waals surface area contributed by atoms with Gasteiger partial charge in [-0.3, -0.25) is 9.69 Å². The highest BCUT2D eigenvalue weighted by molar-refractivity contribution is 5.95. The van der Waals surface area contributed by atoms with Crippen LogP contribution in [0.3, 0.4) is 0 Å². The lowest BCUT2D eigenvalue weighted by Gasteiger charge is -2.33. The predicted octanol–water partition coefficient (Wildman–Crippen LogP) is 5.58. The molecule has 3 nitrogen and oxygen atoms in total. The minimum absolute atomic E-state index is 0.205. The molecule has 166 valence electrons. The van der Waals surface area contributed by atoms with Crippen molar-refractivity contribution >= 4 is 5.91 Å². The first-order valence-electron chi connectivity index (χ1n) is 11.1. The zero-order valence-corrected chi connectivity index (χ0v) is 18.3. The van der Waals surface area contributed by atoms with Gasteiger partial charge in [-0.05, 0) is 85.3 Å². The molecule has 1 fully saturated rings. The Hall–Kier alpha value is -3.05. The van der Waals surface area contributed by atoms with Crippen LogP contribution in [0.2, 0.25) is 0 Å². The number of nitrogens with zero attached hydrogens (tertiary/aromatic N) is 1. The van der Waals surface area contributed by atoms with Gasteiger partial charge < -0.3 is 5.32 Å². The molecule has 0 spiro atoms. The maximum atomic E-state index is 13.6. The number of carbonyl (C=O) groups excluding carboxylic acids is 1. The second kappa shape index (κ2) is 10.0. The molecular weight excluding hydrogens is 406 g/mol. The van der Waals surface area contributed by atoms with Gasteiger partial charge >= 0.3 is 0 Å². The minimum Gasteiger partial charge on any atom is -0.348 e. The summed E-state index contributed by atoms with van der Waals surface area (Å²) in [7, 11) is 0. The van der Waals surface area contributed by atoms with Gasteiger partial charge in [0.15, 0.2) is 0 Å². The largest absolute Gasteiger partial charge is 0.348 e. The van der Waals surface area contributed by atoms with E-state index < -0.39 is 5.82 Å². The molecule has 1 saturated heterocycles. The number of piperidine rings is 1. The zero-order valence-electron chi connectivity index (χ0n) is 18.3. The molecule has 0 saturated carbocycles. The fraction of sp³-hybridized carbons (Fsp3) is 0.296. The van der Waals surface area contributed by atoms with E-state index in [2.05, 4.69) is 22.3 Å². The third kappa shape index (κ3) is 5.40. The van der Waals surface area contributed by atoms with E-state index in [1.54, 1.807) is 6.07 Å². The van der Waals surface area contributed by atoms with E-state index in [4.69, 9.17) is 0 Å². The van der Waals surface area contributed by atoms with E-state index in [1.807, 2.05) is 31.2 Å². The number of halogens is 2. The Balaban J connectivity index is 1.37. The van der Waals surface area contributed by atoms with Crippen LogP contribution in [0, 0.1) is 18.6 Å². The SMILES string of the molecule is Cc1ccc(F)cc1C(=O)NCc1ccccc1C1CCN(Cc2ccc(F)cc2)CC1. The quantitative estimate of drug-likeness (QED) is 0.549. The number of rotatable bonds is 6. The topological polar surface area (TPSA) is 32.3 Å². The van der Waals surface area contributed by atoms with Crippen LogP contribution >= 0.6 is 0 Å². The summed E-state index contributed by atoms with van der Waals surface area (Å²) in [5.74, 6) is -0.438. The van der Waals surface area contributed by atoms with Gasteiger partial charge in [0.25, 0.3) is 5.91 Å². The number of benzene rings is 3. The number of hydrogen-bond acceptors (Lipinski definition) is 2. The van der Waals surface area contributed by atoms with Gasteiger partial charge in [0.2, 0.25) is 0 Å². The first kappa shape index (κ1) is 22.2. The van der Waals surface area contributed by atoms with Crippen LogP contribution in [0.5, 0.6) is 0 Å². The van der Waals surface area contributed by atoms with E-state index in [0.29, 0.717) is 18.0 Å². The highest BCUT2D eigenvalue weighted by Crippen LogP contribution is 2.31. The molecule has 0 unspecified atom stereocenters. The Morgan fingerprint density at radius 2 is 1.66 bits per heavy atom. The van der Waals surface area contributed by atoms with Crippen LogP contribution in [0.15, 0.2) is 66.7 Å². The average Bonchev–Trinajstić information content (AvgIpc) is 2.81. The average molecular weight is 435 g/mol. The second-order valence-corrected chi connectivity index (χ2v) is 8.52. The number of aryl methyl sites for hydroxylation is 1. The Morgan fingerprint density at radius 1 is 0.969 bits per heavy atom. The van der Waals surface area contributed by atoms with Crippen molar-refractivity contribution < 1.29 is 13.6 Å². The summed E-state index contributed by atoms with van der Waals surface area (Å²) in [5.41, 5.74) is 4.62. The molecule has 5 heteroatoms. The smallest absolute Gasteiger partial charge is 0.251 e. The lowest BCUT2D eigenvalue weighted by Crippen LogP contribution is -2.33. The number of carbonyl (C=O) groups is 1. The lowest BCUT2D eigenvalue weighted by molar-refractivity contribution is 0.0949. The van der Waals surface area contributed by atoms with Crippen molar-refractivity contribution in [2.75, 3.05) is 13.1 Å². The van der Waals surface area contributed by atoms with Gasteiger partial charge in [-0.15, -0.1) is 0 Å². The molecule has 1 aliphatic rings. The van der Waals surface area contributed by atoms with Crippen molar-refractivity contribution in [2.45, 2.75) is 38.8 Å². The number of hydrogen-bond donors (Lipinski definition) is 1. The van der Waals surface area contributed by atoms with Crippen LogP contribution in [-0.2, 0) is 13.1 Å². The van der Waals surface area contributed by atoms with Crippen molar-refractivity contribution in [3.63, 3.8) is 0 Å². The predicted molar refractivity (Wildman–Crippen MR) is 122 cm³/mol. The standard InChI is InChI=1S/C27H28F2N2O/c1-19-6-9-24(29)16-26(19)27(32)30-17-22-4-2-3-5-25(22)21-12-14-31(15-13-21)18-20-7-10-23(28)11-8-20/h2-11,16,21H,12-15,17-18H2,1H3,(H,30,32). The van der Waals surface area contributed by atoms with Gasteiger partial charge in [-0.2, -0.15) is 0 Å². The van der Waals surface area contributed by atoms with E-state index in [9.17, 15) is 13.6 Å². The molecule has 3 aromatic rings. The van der Waals surface area contributed by atoms with Gasteiger partial charge in [0, 0.05) is 18.7 Å². The Labute approximate surface area is 188 Å². The molecule has 0 radical (unpaired) electrons. The van der Waals surface area contributed by atoms with Crippen LogP contribution in [0.1, 0.15) is 51.4 Å². The maximum absolute atomic E-state index is 13.6. The van der Waals surface area contributed by atoms with Crippen LogP contribution in [0.25, 0.3) is 0 Å². The molecule has 3 aromatic carbocycles. The molecule has 0 atom stereocenters. The van der Waals surface area contributed by atoms with Crippen molar-refractivity contribution in [1.29, 1.82) is 0 Å². The summed E-state index contributed by atoms with van der Waals surface area (Å²) in [4.78, 5) is 15.0. The molecular formula is C27H28F2N2O. The van der Waals surface area contributed by atoms with Crippen LogP contribution in [0.4, 0.5) is 8.78 Å². The highest BCUT2D eigenvalue weighted by atomic mass is 19.1. The molecule has 0 aromatic heterocycles. The summed E-state index contributed by atoms with van der Waals surface area (Å²) >= 11 is 0. The van der Waals surface area contributed by atoms with Crippen molar-refractivity contribution in [3.8, 4) is 0 Å². The normalized spacial score (nSPS) is 15.0. The van der Waals surface area contributed by atoms with Gasteiger partial charge in [-0.25, -0.2) is 8.78 Å². The Morgan fingerprint density at radius 3 is 2.41 bits per heavy atom. The highest BCUT2D eigenvalue weighted by Gasteiger charge is 2.22. The fourth-order valence-corrected chi connectivity index (χ4v) is 4.45. The fourth-order valence-electron chi connectivity index (χ4n) is 4.45. The van der Waals surface area contributed by atoms with Crippen LogP contribution < -0.4 is 5.32 Å². The zero-order chi connectivity index (χ0) is 22.5. The second-order valence-electron chi connectivity index (χ2n) is 8.52. The summed E-state index contributed by atoms with van der Waals surface area (Å²) in [6, 6.07) is 19.2. The van der Waals surface area contributed by atoms with Gasteiger partial charge in [-0.1, -0.05) is 42.5 Å². The van der Waals surface area contributed by atoms with E-state index >= 15 is 0 Å². The molecule has 0 bridgehead atoms. The number of nitrogens with one attached hydrogen (secondary N) is 1. The lowest BCUT2D eigenvalue weighted by atomic mass is 9.86. The van der Waals surface area contributed by atoms with E-state index in [0.717, 1.165) is 49.2 Å². The van der Waals surface area contributed by atoms with Crippen molar-refractivity contribution in [1.82, 2.24) is 10.2 Å². The summed E-state index contributed by atoms with van der Waals surface area (Å²) in [6.45, 7) is 5.01. The monoisotopic (exact) mass is 434 g/mol. The summed E-state index contributed by atoms with van der Waals surface area (Å²) in [6.07, 6.45) is 2.07. The minimum atomic E-state index is -0.409. The van der Waals surface area contributed by atoms with Crippen LogP contribution in [-0.4, -0.2) is 23.9 Å². The molecule has 1 N–H and O–H groups in total. The Kier molecular flexibility index (Phi) is 6.96. The molecule has 0 aliphatic carbocycles. The molecule has 32 heavy (non-hydrogen) atoms. The first-order valence-corrected chi connectivity index (χ1v) is 11.1. The maximum Gasteiger partial charge on any atom is 0.251 e. The molecule has 1 amide bonds. The van der Waals surface area contributed by atoms with Crippen molar-refractivity contribution in [3.05, 3.63) is 106 Å². The van der Waals surface area contributed by atoms with E-state index in [-0.39, 0.29) is 11.7 Å². The third-order valence-electron chi connectivity index (χ3n) is 6.29. The number of likely N-dealkylation sites (tertiary alicyclic amines) is 1.